The van der Waals surface area contributed by atoms with Gasteiger partial charge in [0.15, 0.2) is 0 Å². The van der Waals surface area contributed by atoms with E-state index in [1.165, 1.54) is 0 Å². The van der Waals surface area contributed by atoms with Gasteiger partial charge in [-0.15, -0.1) is 26.3 Å². The lowest BCUT2D eigenvalue weighted by Crippen LogP contribution is -2.45. The summed E-state index contributed by atoms with van der Waals surface area (Å²) in [5.41, 5.74) is 4.73. The molecule has 2 N–H and O–H groups in total. The lowest BCUT2D eigenvalue weighted by molar-refractivity contribution is -0.316. The fraction of sp³-hybridized carbons (Fsp3) is 0.250. The molecular weight excluding hydrogens is 174 g/mol. The molecule has 0 radical (unpaired) electrons. The number of nitrogens with two attached hydrogens (primary N) is 1. The van der Waals surface area contributed by atoms with Crippen molar-refractivity contribution in [2.45, 2.75) is 12.5 Å². The van der Waals surface area contributed by atoms with Crippen LogP contribution in [0.2, 0.25) is 0 Å². The van der Waals surface area contributed by atoms with Crippen LogP contribution < -0.4 is 15.9 Å². The zero-order valence-corrected chi connectivity index (χ0v) is 7.32. The summed E-state index contributed by atoms with van der Waals surface area (Å²) in [6.07, 6.45) is -0.706. The number of hydrogen-bond donors (Lipinski definition) is 1. The molecule has 0 rings (SSSR count). The monoisotopic (exact) mass is 187 g/mol. The second kappa shape index (κ2) is 13.0. The maximum Gasteiger partial charge on any atom is 0.0586 e. The fourth-order valence-electron chi connectivity index (χ4n) is 0.263. The number of rotatable bonds is 3. The Morgan fingerprint density at radius 1 is 1.15 bits per heavy atom. The topological polar surface area (TPSA) is 106 Å². The molecular formula is C8H13NO4-2. The standard InChI is InChI=1S/C4H7NO4.2C2H4/c5-2(4(8)9)1-3(6)7;2*1-2/h2H,1,5H2,(H,6,7)(H,8,9);2*1-2H2/p-2. The van der Waals surface area contributed by atoms with Crippen molar-refractivity contribution in [3.63, 3.8) is 0 Å². The van der Waals surface area contributed by atoms with E-state index in [0.717, 1.165) is 0 Å². The third kappa shape index (κ3) is 17.9. The molecule has 0 aromatic heterocycles. The van der Waals surface area contributed by atoms with E-state index in [4.69, 9.17) is 5.73 Å². The summed E-state index contributed by atoms with van der Waals surface area (Å²) in [4.78, 5) is 19.3. The summed E-state index contributed by atoms with van der Waals surface area (Å²) >= 11 is 0. The molecule has 5 heteroatoms. The Labute approximate surface area is 77.2 Å². The van der Waals surface area contributed by atoms with Gasteiger partial charge in [0.2, 0.25) is 0 Å². The second-order valence-electron chi connectivity index (χ2n) is 1.50. The highest BCUT2D eigenvalue weighted by Gasteiger charge is 2.01. The molecule has 0 aliphatic heterocycles. The van der Waals surface area contributed by atoms with E-state index in [0.29, 0.717) is 0 Å². The maximum atomic E-state index is 9.71. The minimum absolute atomic E-state index is 0.706. The van der Waals surface area contributed by atoms with Crippen molar-refractivity contribution in [3.8, 4) is 0 Å². The van der Waals surface area contributed by atoms with Crippen LogP contribution in [0, 0.1) is 0 Å². The summed E-state index contributed by atoms with van der Waals surface area (Å²) in [5, 5.41) is 19.3. The van der Waals surface area contributed by atoms with Gasteiger partial charge in [-0.25, -0.2) is 0 Å². The van der Waals surface area contributed by atoms with Gasteiger partial charge in [-0.1, -0.05) is 0 Å². The normalized spacial score (nSPS) is 9.31. The Bertz CT molecular complexity index is 156. The van der Waals surface area contributed by atoms with E-state index in [9.17, 15) is 19.8 Å². The minimum atomic E-state index is -1.58. The summed E-state index contributed by atoms with van der Waals surface area (Å²) < 4.78 is 0. The van der Waals surface area contributed by atoms with Gasteiger partial charge in [0.1, 0.15) is 0 Å². The molecule has 0 aliphatic carbocycles. The molecule has 0 amide bonds. The van der Waals surface area contributed by atoms with Crippen LogP contribution in [0.4, 0.5) is 0 Å². The third-order valence-corrected chi connectivity index (χ3v) is 0.689. The zero-order valence-electron chi connectivity index (χ0n) is 7.32. The van der Waals surface area contributed by atoms with Gasteiger partial charge in [-0.3, -0.25) is 0 Å². The number of hydrogen-bond acceptors (Lipinski definition) is 5. The van der Waals surface area contributed by atoms with E-state index in [-0.39, 0.29) is 0 Å². The molecule has 0 fully saturated rings. The van der Waals surface area contributed by atoms with Crippen LogP contribution in [-0.2, 0) is 9.59 Å². The van der Waals surface area contributed by atoms with Crippen molar-refractivity contribution < 1.29 is 19.8 Å². The molecule has 1 unspecified atom stereocenters. The summed E-state index contributed by atoms with van der Waals surface area (Å²) in [6, 6.07) is -1.46. The smallest absolute Gasteiger partial charge is 0.0586 e. The fourth-order valence-corrected chi connectivity index (χ4v) is 0.263. The summed E-state index contributed by atoms with van der Waals surface area (Å²) in [7, 11) is 0. The zero-order chi connectivity index (χ0) is 11.4. The predicted octanol–water partition coefficient (Wildman–Crippen LogP) is -2.19. The van der Waals surface area contributed by atoms with Gasteiger partial charge in [0.25, 0.3) is 0 Å². The largest absolute Gasteiger partial charge is 0.550 e. The van der Waals surface area contributed by atoms with Gasteiger partial charge in [-0.2, -0.15) is 0 Å². The summed E-state index contributed by atoms with van der Waals surface area (Å²) in [6.45, 7) is 12.0. The van der Waals surface area contributed by atoms with E-state index >= 15 is 0 Å². The Balaban J connectivity index is -0.000000218. The van der Waals surface area contributed by atoms with Crippen molar-refractivity contribution >= 4 is 11.9 Å². The number of carbonyl (C=O) groups is 2. The quantitative estimate of drug-likeness (QED) is 0.505. The molecule has 0 spiro atoms. The van der Waals surface area contributed by atoms with Crippen LogP contribution in [0.5, 0.6) is 0 Å². The lowest BCUT2D eigenvalue weighted by Gasteiger charge is -2.11. The maximum absolute atomic E-state index is 9.71. The van der Waals surface area contributed by atoms with E-state index in [2.05, 4.69) is 26.3 Å². The predicted molar refractivity (Wildman–Crippen MR) is 45.1 cm³/mol. The highest BCUT2D eigenvalue weighted by molar-refractivity contribution is 5.77. The molecule has 76 valence electrons. The van der Waals surface area contributed by atoms with Crippen LogP contribution in [0.15, 0.2) is 26.3 Å². The molecule has 0 bridgehead atoms. The van der Waals surface area contributed by atoms with Crippen LogP contribution >= 0.6 is 0 Å². The van der Waals surface area contributed by atoms with Crippen LogP contribution in [0.1, 0.15) is 6.42 Å². The Hall–Kier alpha value is -1.62. The van der Waals surface area contributed by atoms with Gasteiger partial charge < -0.3 is 25.5 Å². The first kappa shape index (κ1) is 17.5. The van der Waals surface area contributed by atoms with E-state index in [1.807, 2.05) is 0 Å². The van der Waals surface area contributed by atoms with Crippen molar-refractivity contribution in [1.29, 1.82) is 0 Å². The van der Waals surface area contributed by atoms with Crippen LogP contribution in [-0.4, -0.2) is 18.0 Å². The van der Waals surface area contributed by atoms with Crippen molar-refractivity contribution in [2.24, 2.45) is 5.73 Å². The number of carbonyl (C=O) groups excluding carboxylic acids is 2. The van der Waals surface area contributed by atoms with Crippen molar-refractivity contribution in [3.05, 3.63) is 26.3 Å². The van der Waals surface area contributed by atoms with Gasteiger partial charge in [0, 0.05) is 18.4 Å². The average Bonchev–Trinajstić information content (AvgIpc) is 2.10. The Kier molecular flexibility index (Phi) is 17.5. The van der Waals surface area contributed by atoms with Crippen LogP contribution in [0.3, 0.4) is 0 Å². The van der Waals surface area contributed by atoms with Gasteiger partial charge >= 0.3 is 0 Å². The average molecular weight is 187 g/mol. The first-order valence-electron chi connectivity index (χ1n) is 3.20. The van der Waals surface area contributed by atoms with Crippen molar-refractivity contribution in [1.82, 2.24) is 0 Å². The van der Waals surface area contributed by atoms with E-state index in [1.54, 1.807) is 0 Å². The number of aliphatic carboxylic acids is 2. The lowest BCUT2D eigenvalue weighted by atomic mass is 10.2. The second-order valence-corrected chi connectivity index (χ2v) is 1.50. The molecule has 1 atom stereocenters. The molecule has 0 saturated carbocycles. The SMILES string of the molecule is C=C.C=C.NC(CC(=O)[O-])C(=O)[O-]. The third-order valence-electron chi connectivity index (χ3n) is 0.689. The van der Waals surface area contributed by atoms with Gasteiger partial charge in [-0.05, 0) is 0 Å². The number of carboxylic acids is 2. The molecule has 0 saturated heterocycles. The highest BCUT2D eigenvalue weighted by atomic mass is 16.4. The van der Waals surface area contributed by atoms with Crippen LogP contribution in [0.25, 0.3) is 0 Å². The van der Waals surface area contributed by atoms with Crippen molar-refractivity contribution in [2.75, 3.05) is 0 Å². The molecule has 0 aliphatic rings. The van der Waals surface area contributed by atoms with Gasteiger partial charge in [0.05, 0.1) is 5.97 Å². The molecule has 0 heterocycles. The molecule has 0 aromatic rings. The number of carboxylic acid groups (broad SMARTS) is 2. The molecule has 13 heavy (non-hydrogen) atoms. The minimum Gasteiger partial charge on any atom is -0.550 e. The first-order chi connectivity index (χ1) is 6.04. The summed E-state index contributed by atoms with van der Waals surface area (Å²) in [5.74, 6) is -3.08. The first-order valence-corrected chi connectivity index (χ1v) is 3.20. The Morgan fingerprint density at radius 3 is 1.54 bits per heavy atom. The molecule has 5 nitrogen and oxygen atoms in total. The molecule has 0 aromatic carbocycles. The highest BCUT2D eigenvalue weighted by Crippen LogP contribution is 1.81. The Morgan fingerprint density at radius 2 is 1.46 bits per heavy atom. The van der Waals surface area contributed by atoms with E-state index < -0.39 is 24.4 Å².